The molecule has 24 heavy (non-hydrogen) atoms. The molecule has 0 atom stereocenters. The number of anilines is 1. The number of nitrogens with zero attached hydrogens (tertiary/aromatic N) is 6. The number of aromatic nitrogens is 4. The molecule has 1 fully saturated rings. The first kappa shape index (κ1) is 16.3. The largest absolute Gasteiger partial charge is 0.322 e. The summed E-state index contributed by atoms with van der Waals surface area (Å²) in [6.45, 7) is 0.894. The van der Waals surface area contributed by atoms with Crippen molar-refractivity contribution in [1.29, 1.82) is 0 Å². The molecule has 12 heteroatoms. The Kier molecular flexibility index (Phi) is 4.42. The molecule has 1 aliphatic rings. The highest BCUT2D eigenvalue weighted by Crippen LogP contribution is 2.11. The lowest BCUT2D eigenvalue weighted by Gasteiger charge is -2.32. The summed E-state index contributed by atoms with van der Waals surface area (Å²) in [6.07, 6.45) is 4.43. The van der Waals surface area contributed by atoms with Crippen molar-refractivity contribution in [1.82, 2.24) is 29.0 Å². The normalized spacial score (nSPS) is 16.1. The number of nitrogens with one attached hydrogen (secondary N) is 1. The lowest BCUT2D eigenvalue weighted by Crippen LogP contribution is -2.53. The van der Waals surface area contributed by atoms with Crippen LogP contribution in [0.1, 0.15) is 0 Å². The van der Waals surface area contributed by atoms with Gasteiger partial charge in [0.05, 0.1) is 11.9 Å². The van der Waals surface area contributed by atoms with Crippen molar-refractivity contribution in [3.05, 3.63) is 31.0 Å². The Labute approximate surface area is 138 Å². The highest BCUT2D eigenvalue weighted by atomic mass is 32.2. The fourth-order valence-corrected chi connectivity index (χ4v) is 2.94. The number of pyridine rings is 1. The lowest BCUT2D eigenvalue weighted by atomic mass is 10.3. The van der Waals surface area contributed by atoms with Crippen LogP contribution in [-0.2, 0) is 10.2 Å². The van der Waals surface area contributed by atoms with Crippen LogP contribution in [0.5, 0.6) is 0 Å². The van der Waals surface area contributed by atoms with Gasteiger partial charge in [-0.2, -0.15) is 17.8 Å². The van der Waals surface area contributed by atoms with Crippen LogP contribution < -0.4 is 10.5 Å². The van der Waals surface area contributed by atoms with Gasteiger partial charge >= 0.3 is 6.03 Å². The predicted octanol–water partition coefficient (Wildman–Crippen LogP) is -0.985. The van der Waals surface area contributed by atoms with Gasteiger partial charge in [0.1, 0.15) is 12.7 Å². The van der Waals surface area contributed by atoms with Crippen LogP contribution in [0.4, 0.5) is 10.5 Å². The molecule has 3 N–H and O–H groups in total. The van der Waals surface area contributed by atoms with Gasteiger partial charge in [0, 0.05) is 26.2 Å². The molecule has 11 nitrogen and oxygen atoms in total. The van der Waals surface area contributed by atoms with Crippen LogP contribution in [0.25, 0.3) is 5.82 Å². The third-order valence-electron chi connectivity index (χ3n) is 3.54. The second-order valence-electron chi connectivity index (χ2n) is 5.11. The summed E-state index contributed by atoms with van der Waals surface area (Å²) in [6, 6.07) is 3.07. The van der Waals surface area contributed by atoms with Crippen molar-refractivity contribution >= 4 is 21.9 Å². The maximum absolute atomic E-state index is 12.2. The first-order chi connectivity index (χ1) is 11.4. The minimum Gasteiger partial charge on any atom is -0.322 e. The molecule has 2 aromatic heterocycles. The van der Waals surface area contributed by atoms with E-state index in [2.05, 4.69) is 20.4 Å². The molecule has 3 heterocycles. The van der Waals surface area contributed by atoms with Gasteiger partial charge in [-0.15, -0.1) is 0 Å². The van der Waals surface area contributed by atoms with Gasteiger partial charge < -0.3 is 10.2 Å². The molecule has 3 rings (SSSR count). The number of rotatable bonds is 3. The summed E-state index contributed by atoms with van der Waals surface area (Å²) in [7, 11) is -3.71. The molecule has 128 valence electrons. The zero-order chi connectivity index (χ0) is 17.2. The highest BCUT2D eigenvalue weighted by molar-refractivity contribution is 7.86. The molecule has 0 aliphatic carbocycles. The molecule has 0 aromatic carbocycles. The molecule has 0 bridgehead atoms. The smallest absolute Gasteiger partial charge is 0.321 e. The van der Waals surface area contributed by atoms with E-state index >= 15 is 0 Å². The predicted molar refractivity (Wildman–Crippen MR) is 84.4 cm³/mol. The number of nitrogens with two attached hydrogens (primary N) is 1. The van der Waals surface area contributed by atoms with E-state index in [4.69, 9.17) is 5.14 Å². The van der Waals surface area contributed by atoms with Crippen LogP contribution in [0, 0.1) is 0 Å². The van der Waals surface area contributed by atoms with E-state index in [1.165, 1.54) is 28.4 Å². The van der Waals surface area contributed by atoms with Gasteiger partial charge in [0.2, 0.25) is 0 Å². The Balaban J connectivity index is 1.58. The molecular weight excluding hydrogens is 336 g/mol. The summed E-state index contributed by atoms with van der Waals surface area (Å²) in [5, 5.41) is 11.7. The fourth-order valence-electron chi connectivity index (χ4n) is 2.27. The maximum atomic E-state index is 12.2. The number of carbonyl (C=O) groups is 1. The van der Waals surface area contributed by atoms with E-state index in [1.54, 1.807) is 12.1 Å². The number of hydrogen-bond acceptors (Lipinski definition) is 6. The number of hydrogen-bond donors (Lipinski definition) is 2. The van der Waals surface area contributed by atoms with Gasteiger partial charge in [0.25, 0.3) is 10.2 Å². The average Bonchev–Trinajstić information content (AvgIpc) is 3.09. The third-order valence-corrected chi connectivity index (χ3v) is 4.62. The number of urea groups is 1. The molecule has 0 saturated carbocycles. The van der Waals surface area contributed by atoms with E-state index in [9.17, 15) is 13.2 Å². The molecule has 1 aliphatic heterocycles. The molecule has 0 spiro atoms. The minimum absolute atomic E-state index is 0.176. The number of amides is 2. The van der Waals surface area contributed by atoms with Gasteiger partial charge in [-0.25, -0.2) is 24.6 Å². The SMILES string of the molecule is NS(=O)(=O)N1CCN(C(=O)Nc2ccc(-n3cncn3)nc2)CC1. The Hall–Kier alpha value is -2.57. The lowest BCUT2D eigenvalue weighted by molar-refractivity contribution is 0.184. The van der Waals surface area contributed by atoms with Crippen LogP contribution in [0.15, 0.2) is 31.0 Å². The monoisotopic (exact) mass is 352 g/mol. The topological polar surface area (TPSA) is 139 Å². The molecule has 1 saturated heterocycles. The van der Waals surface area contributed by atoms with Crippen LogP contribution in [0.3, 0.4) is 0 Å². The average molecular weight is 352 g/mol. The van der Waals surface area contributed by atoms with Crippen LogP contribution >= 0.6 is 0 Å². The molecule has 2 amide bonds. The Morgan fingerprint density at radius 2 is 1.96 bits per heavy atom. The fraction of sp³-hybridized carbons (Fsp3) is 0.333. The van der Waals surface area contributed by atoms with Crippen molar-refractivity contribution in [2.75, 3.05) is 31.5 Å². The number of carbonyl (C=O) groups excluding carboxylic acids is 1. The Morgan fingerprint density at radius 3 is 2.50 bits per heavy atom. The molecular formula is C12H16N8O3S. The second-order valence-corrected chi connectivity index (χ2v) is 6.65. The van der Waals surface area contributed by atoms with Crippen molar-refractivity contribution in [3.8, 4) is 5.82 Å². The van der Waals surface area contributed by atoms with Gasteiger partial charge in [-0.05, 0) is 12.1 Å². The van der Waals surface area contributed by atoms with Crippen molar-refractivity contribution in [2.45, 2.75) is 0 Å². The zero-order valence-electron chi connectivity index (χ0n) is 12.6. The summed E-state index contributed by atoms with van der Waals surface area (Å²) >= 11 is 0. The molecule has 2 aromatic rings. The summed E-state index contributed by atoms with van der Waals surface area (Å²) in [4.78, 5) is 21.7. The van der Waals surface area contributed by atoms with E-state index < -0.39 is 10.2 Å². The van der Waals surface area contributed by atoms with Crippen LogP contribution in [0.2, 0.25) is 0 Å². The third kappa shape index (κ3) is 3.67. The van der Waals surface area contributed by atoms with Crippen molar-refractivity contribution < 1.29 is 13.2 Å². The Morgan fingerprint density at radius 1 is 1.21 bits per heavy atom. The van der Waals surface area contributed by atoms with Gasteiger partial charge in [-0.1, -0.05) is 0 Å². The Bertz CT molecular complexity index is 797. The molecule has 0 unspecified atom stereocenters. The standard InChI is InChI=1S/C12H16N8O3S/c13-24(22,23)19-5-3-18(4-6-19)12(21)17-10-1-2-11(15-7-10)20-9-14-8-16-20/h1-2,7-9H,3-6H2,(H,17,21)(H2,13,22,23). The highest BCUT2D eigenvalue weighted by Gasteiger charge is 2.26. The van der Waals surface area contributed by atoms with Gasteiger partial charge in [-0.3, -0.25) is 0 Å². The van der Waals surface area contributed by atoms with Crippen molar-refractivity contribution in [3.63, 3.8) is 0 Å². The second kappa shape index (κ2) is 6.51. The van der Waals surface area contributed by atoms with Gasteiger partial charge in [0.15, 0.2) is 5.82 Å². The maximum Gasteiger partial charge on any atom is 0.321 e. The quantitative estimate of drug-likeness (QED) is 0.727. The first-order valence-corrected chi connectivity index (χ1v) is 8.59. The summed E-state index contributed by atoms with van der Waals surface area (Å²) < 4.78 is 25.1. The summed E-state index contributed by atoms with van der Waals surface area (Å²) in [5.41, 5.74) is 0.526. The molecule has 0 radical (unpaired) electrons. The minimum atomic E-state index is -3.71. The van der Waals surface area contributed by atoms with Crippen LogP contribution in [-0.4, -0.2) is 69.6 Å². The van der Waals surface area contributed by atoms with E-state index in [0.29, 0.717) is 11.5 Å². The van der Waals surface area contributed by atoms with Crippen molar-refractivity contribution in [2.24, 2.45) is 5.14 Å². The van der Waals surface area contributed by atoms with E-state index in [1.807, 2.05) is 0 Å². The van der Waals surface area contributed by atoms with E-state index in [0.717, 1.165) is 4.31 Å². The zero-order valence-corrected chi connectivity index (χ0v) is 13.4. The number of piperazine rings is 1. The van der Waals surface area contributed by atoms with E-state index in [-0.39, 0.29) is 32.2 Å². The first-order valence-electron chi connectivity index (χ1n) is 7.08. The summed E-state index contributed by atoms with van der Waals surface area (Å²) in [5.74, 6) is 0.576.